The predicted molar refractivity (Wildman–Crippen MR) is 126 cm³/mol. The van der Waals surface area contributed by atoms with Crippen LogP contribution in [0.15, 0.2) is 60.7 Å². The van der Waals surface area contributed by atoms with E-state index in [-0.39, 0.29) is 17.9 Å². The van der Waals surface area contributed by atoms with Gasteiger partial charge >= 0.3 is 5.97 Å². The molecule has 33 heavy (non-hydrogen) atoms. The first-order chi connectivity index (χ1) is 16.0. The molecule has 7 heteroatoms. The lowest BCUT2D eigenvalue weighted by Crippen LogP contribution is -2.37. The van der Waals surface area contributed by atoms with Crippen LogP contribution in [-0.4, -0.2) is 56.7 Å². The molecule has 1 fully saturated rings. The average Bonchev–Trinajstić information content (AvgIpc) is 3.25. The number of nitrogens with zero attached hydrogens (tertiary/aromatic N) is 1. The van der Waals surface area contributed by atoms with E-state index in [0.29, 0.717) is 36.6 Å². The van der Waals surface area contributed by atoms with Gasteiger partial charge in [-0.1, -0.05) is 42.5 Å². The molecule has 4 rings (SSSR count). The van der Waals surface area contributed by atoms with Crippen LogP contribution in [0.5, 0.6) is 11.5 Å². The van der Waals surface area contributed by atoms with Crippen molar-refractivity contribution in [1.82, 2.24) is 10.2 Å². The largest absolute Gasteiger partial charge is 0.497 e. The van der Waals surface area contributed by atoms with Crippen molar-refractivity contribution in [1.29, 1.82) is 0 Å². The van der Waals surface area contributed by atoms with Crippen LogP contribution in [0.4, 0.5) is 0 Å². The summed E-state index contributed by atoms with van der Waals surface area (Å²) in [6.07, 6.45) is 0.474. The van der Waals surface area contributed by atoms with Crippen LogP contribution in [0.3, 0.4) is 0 Å². The van der Waals surface area contributed by atoms with E-state index in [4.69, 9.17) is 14.2 Å². The fourth-order valence-corrected chi connectivity index (χ4v) is 4.46. The van der Waals surface area contributed by atoms with E-state index < -0.39 is 6.04 Å². The Morgan fingerprint density at radius 3 is 2.55 bits per heavy atom. The molecule has 0 saturated carbocycles. The molecule has 0 bridgehead atoms. The van der Waals surface area contributed by atoms with Crippen LogP contribution < -0.4 is 14.8 Å². The molecule has 1 heterocycles. The smallest absolute Gasteiger partial charge is 0.323 e. The number of esters is 1. The number of benzene rings is 3. The number of methoxy groups -OCH3 is 3. The summed E-state index contributed by atoms with van der Waals surface area (Å²) in [5.74, 6) is 0.488. The molecule has 1 N–H and O–H groups in total. The number of amides is 1. The maximum Gasteiger partial charge on any atom is 0.323 e. The first-order valence-corrected chi connectivity index (χ1v) is 10.9. The molecule has 172 valence electrons. The molecular formula is C26H28N2O5. The van der Waals surface area contributed by atoms with Crippen molar-refractivity contribution in [2.24, 2.45) is 0 Å². The fraction of sp³-hybridized carbons (Fsp3) is 0.308. The highest BCUT2D eigenvalue weighted by atomic mass is 16.5. The Hall–Kier alpha value is -3.58. The Morgan fingerprint density at radius 2 is 1.79 bits per heavy atom. The van der Waals surface area contributed by atoms with Gasteiger partial charge in [0.15, 0.2) is 0 Å². The van der Waals surface area contributed by atoms with E-state index >= 15 is 0 Å². The number of likely N-dealkylation sites (tertiary alicyclic amines) is 1. The van der Waals surface area contributed by atoms with Gasteiger partial charge in [0, 0.05) is 25.2 Å². The zero-order valence-electron chi connectivity index (χ0n) is 19.0. The zero-order valence-corrected chi connectivity index (χ0v) is 19.0. The average molecular weight is 449 g/mol. The highest BCUT2D eigenvalue weighted by Gasteiger charge is 2.38. The van der Waals surface area contributed by atoms with Crippen molar-refractivity contribution in [2.45, 2.75) is 25.0 Å². The number of nitrogens with one attached hydrogen (secondary N) is 1. The van der Waals surface area contributed by atoms with Crippen molar-refractivity contribution < 1.29 is 23.8 Å². The Kier molecular flexibility index (Phi) is 6.79. The summed E-state index contributed by atoms with van der Waals surface area (Å²) in [5, 5.41) is 5.36. The molecule has 3 aromatic rings. The topological polar surface area (TPSA) is 77.1 Å². The summed E-state index contributed by atoms with van der Waals surface area (Å²) in [6, 6.07) is 18.8. The number of hydrogen-bond acceptors (Lipinski definition) is 6. The number of carbonyl (C=O) groups is 2. The molecule has 3 aromatic carbocycles. The molecular weight excluding hydrogens is 420 g/mol. The standard InChI is InChI=1S/C26H28N2O5/c1-31-20-11-12-22(24(14-20)32-2)25(29)27-19-13-23(26(30)33-3)28(16-19)15-18-9-6-8-17-7-4-5-10-21(17)18/h4-12,14,19,23H,13,15-16H2,1-3H3,(H,27,29)/t19-,23-/m0/s1. The maximum atomic E-state index is 13.0. The van der Waals surface area contributed by atoms with Gasteiger partial charge < -0.3 is 19.5 Å². The van der Waals surface area contributed by atoms with Crippen LogP contribution in [0, 0.1) is 0 Å². The van der Waals surface area contributed by atoms with E-state index in [1.807, 2.05) is 18.2 Å². The first-order valence-electron chi connectivity index (χ1n) is 10.9. The third kappa shape index (κ3) is 4.78. The second-order valence-corrected chi connectivity index (χ2v) is 8.08. The molecule has 1 saturated heterocycles. The van der Waals surface area contributed by atoms with Gasteiger partial charge in [-0.25, -0.2) is 0 Å². The number of rotatable bonds is 7. The van der Waals surface area contributed by atoms with Crippen molar-refractivity contribution in [3.05, 3.63) is 71.8 Å². The molecule has 0 aromatic heterocycles. The summed E-state index contributed by atoms with van der Waals surface area (Å²) in [7, 11) is 4.47. The van der Waals surface area contributed by atoms with Gasteiger partial charge in [0.1, 0.15) is 17.5 Å². The summed E-state index contributed by atoms with van der Waals surface area (Å²) < 4.78 is 15.6. The minimum atomic E-state index is -0.433. The third-order valence-electron chi connectivity index (χ3n) is 6.12. The van der Waals surface area contributed by atoms with Crippen molar-refractivity contribution >= 4 is 22.6 Å². The predicted octanol–water partition coefficient (Wildman–Crippen LogP) is 3.40. The lowest BCUT2D eigenvalue weighted by Gasteiger charge is -2.23. The highest BCUT2D eigenvalue weighted by molar-refractivity contribution is 5.97. The minimum absolute atomic E-state index is 0.205. The number of fused-ring (bicyclic) bond motifs is 1. The highest BCUT2D eigenvalue weighted by Crippen LogP contribution is 2.28. The van der Waals surface area contributed by atoms with E-state index in [0.717, 1.165) is 16.3 Å². The van der Waals surface area contributed by atoms with Crippen LogP contribution in [0.2, 0.25) is 0 Å². The molecule has 1 aliphatic rings. The van der Waals surface area contributed by atoms with Crippen molar-refractivity contribution in [2.75, 3.05) is 27.9 Å². The molecule has 0 aliphatic carbocycles. The van der Waals surface area contributed by atoms with Gasteiger partial charge in [0.05, 0.1) is 26.9 Å². The Balaban J connectivity index is 1.53. The monoisotopic (exact) mass is 448 g/mol. The fourth-order valence-electron chi connectivity index (χ4n) is 4.46. The SMILES string of the molecule is COC(=O)[C@@H]1C[C@H](NC(=O)c2ccc(OC)cc2OC)CN1Cc1cccc2ccccc12. The number of carbonyl (C=O) groups excluding carboxylic acids is 2. The van der Waals surface area contributed by atoms with Crippen LogP contribution in [0.25, 0.3) is 10.8 Å². The summed E-state index contributed by atoms with van der Waals surface area (Å²) in [4.78, 5) is 27.6. The second kappa shape index (κ2) is 9.92. The Morgan fingerprint density at radius 1 is 1.00 bits per heavy atom. The molecule has 0 radical (unpaired) electrons. The van der Waals surface area contributed by atoms with Gasteiger partial charge in [-0.2, -0.15) is 0 Å². The van der Waals surface area contributed by atoms with Crippen molar-refractivity contribution in [3.63, 3.8) is 0 Å². The normalized spacial score (nSPS) is 18.2. The van der Waals surface area contributed by atoms with Gasteiger partial charge in [0.25, 0.3) is 5.91 Å². The third-order valence-corrected chi connectivity index (χ3v) is 6.12. The van der Waals surface area contributed by atoms with Gasteiger partial charge in [-0.3, -0.25) is 14.5 Å². The quantitative estimate of drug-likeness (QED) is 0.559. The number of ether oxygens (including phenoxy) is 3. The van der Waals surface area contributed by atoms with Crippen molar-refractivity contribution in [3.8, 4) is 11.5 Å². The molecule has 2 atom stereocenters. The maximum absolute atomic E-state index is 13.0. The van der Waals surface area contributed by atoms with E-state index in [1.54, 1.807) is 25.3 Å². The Bertz CT molecular complexity index is 1160. The summed E-state index contributed by atoms with van der Waals surface area (Å²) in [5.41, 5.74) is 1.55. The van der Waals surface area contributed by atoms with Gasteiger partial charge in [-0.15, -0.1) is 0 Å². The minimum Gasteiger partial charge on any atom is -0.497 e. The van der Waals surface area contributed by atoms with E-state index in [1.165, 1.54) is 14.2 Å². The van der Waals surface area contributed by atoms with E-state index in [2.05, 4.69) is 34.5 Å². The zero-order chi connectivity index (χ0) is 23.4. The van der Waals surface area contributed by atoms with Crippen LogP contribution in [0.1, 0.15) is 22.3 Å². The lowest BCUT2D eigenvalue weighted by atomic mass is 10.0. The first kappa shape index (κ1) is 22.6. The second-order valence-electron chi connectivity index (χ2n) is 8.08. The van der Waals surface area contributed by atoms with Gasteiger partial charge in [0.2, 0.25) is 0 Å². The summed E-state index contributed by atoms with van der Waals surface area (Å²) >= 11 is 0. The lowest BCUT2D eigenvalue weighted by molar-refractivity contribution is -0.146. The molecule has 1 aliphatic heterocycles. The summed E-state index contributed by atoms with van der Waals surface area (Å²) in [6.45, 7) is 1.12. The van der Waals surface area contributed by atoms with Crippen LogP contribution >= 0.6 is 0 Å². The number of hydrogen-bond donors (Lipinski definition) is 1. The molecule has 1 amide bonds. The van der Waals surface area contributed by atoms with Gasteiger partial charge in [-0.05, 0) is 34.9 Å². The van der Waals surface area contributed by atoms with E-state index in [9.17, 15) is 9.59 Å². The molecule has 7 nitrogen and oxygen atoms in total. The molecule has 0 unspecified atom stereocenters. The molecule has 0 spiro atoms. The van der Waals surface area contributed by atoms with Crippen LogP contribution in [-0.2, 0) is 16.1 Å². The Labute approximate surface area is 193 Å².